The van der Waals surface area contributed by atoms with Crippen LogP contribution in [0.5, 0.6) is 0 Å². The van der Waals surface area contributed by atoms with Crippen molar-refractivity contribution in [1.29, 1.82) is 0 Å². The van der Waals surface area contributed by atoms with E-state index in [0.29, 0.717) is 18.7 Å². The van der Waals surface area contributed by atoms with Crippen molar-refractivity contribution in [3.63, 3.8) is 0 Å². The number of nitrogens with one attached hydrogen (secondary N) is 2. The summed E-state index contributed by atoms with van der Waals surface area (Å²) in [6.45, 7) is 13.4. The van der Waals surface area contributed by atoms with Crippen molar-refractivity contribution in [1.82, 2.24) is 25.4 Å². The Labute approximate surface area is 150 Å². The van der Waals surface area contributed by atoms with Crippen LogP contribution in [-0.4, -0.2) is 46.5 Å². The summed E-state index contributed by atoms with van der Waals surface area (Å²) < 4.78 is 7.14. The maximum Gasteiger partial charge on any atom is 0.191 e. The van der Waals surface area contributed by atoms with E-state index < -0.39 is 0 Å². The Morgan fingerprint density at radius 3 is 2.60 bits per heavy atom. The average molecular weight is 348 g/mol. The fraction of sp³-hybridized carbons (Fsp3) is 0.833. The van der Waals surface area contributed by atoms with Crippen LogP contribution in [0, 0.1) is 10.8 Å². The third kappa shape index (κ3) is 3.38. The molecule has 25 heavy (non-hydrogen) atoms. The molecular weight excluding hydrogens is 316 g/mol. The number of ether oxygens (including phenoxy) is 1. The van der Waals surface area contributed by atoms with Crippen LogP contribution in [0.25, 0.3) is 0 Å². The molecule has 0 amide bonds. The number of fused-ring (bicyclic) bond motifs is 1. The monoisotopic (exact) mass is 348 g/mol. The predicted octanol–water partition coefficient (Wildman–Crippen LogP) is 1.73. The summed E-state index contributed by atoms with van der Waals surface area (Å²) in [4.78, 5) is 9.19. The van der Waals surface area contributed by atoms with E-state index in [0.717, 1.165) is 43.5 Å². The molecule has 2 aliphatic rings. The van der Waals surface area contributed by atoms with Crippen LogP contribution < -0.4 is 10.6 Å². The average Bonchev–Trinajstić information content (AvgIpc) is 2.86. The van der Waals surface area contributed by atoms with Crippen molar-refractivity contribution >= 4 is 5.96 Å². The zero-order chi connectivity index (χ0) is 18.2. The van der Waals surface area contributed by atoms with Gasteiger partial charge in [0.15, 0.2) is 11.8 Å². The Kier molecular flexibility index (Phi) is 4.79. The van der Waals surface area contributed by atoms with Crippen LogP contribution in [0.4, 0.5) is 0 Å². The largest absolute Gasteiger partial charge is 0.377 e. The normalized spacial score (nSPS) is 24.7. The smallest absolute Gasteiger partial charge is 0.191 e. The van der Waals surface area contributed by atoms with Gasteiger partial charge in [0.1, 0.15) is 12.4 Å². The lowest BCUT2D eigenvalue weighted by atomic mass is 10.0. The number of aryl methyl sites for hydroxylation is 1. The number of hydrogen-bond acceptors (Lipinski definition) is 4. The standard InChI is InChI=1S/C18H32N6O/c1-7-19-16(22-15-17(2,3)18(15,4)5)20-12-8-9-14-21-13(11-25-6)23-24(14)10-12/h12,15H,7-11H2,1-6H3,(H2,19,20,22). The number of hydrogen-bond donors (Lipinski definition) is 2. The van der Waals surface area contributed by atoms with Crippen LogP contribution in [0.3, 0.4) is 0 Å². The molecule has 2 heterocycles. The molecule has 1 aromatic rings. The summed E-state index contributed by atoms with van der Waals surface area (Å²) in [6, 6.07) is 0.754. The van der Waals surface area contributed by atoms with Gasteiger partial charge in [-0.25, -0.2) is 9.67 Å². The van der Waals surface area contributed by atoms with Gasteiger partial charge < -0.3 is 15.4 Å². The second-order valence-electron chi connectivity index (χ2n) is 8.28. The summed E-state index contributed by atoms with van der Waals surface area (Å²) in [5, 5.41) is 11.8. The Hall–Kier alpha value is -1.63. The molecular formula is C18H32N6O. The third-order valence-corrected chi connectivity index (χ3v) is 6.13. The van der Waals surface area contributed by atoms with Gasteiger partial charge in [-0.15, -0.1) is 0 Å². The lowest BCUT2D eigenvalue weighted by molar-refractivity contribution is 0.177. The molecule has 2 N–H and O–H groups in total. The molecule has 0 radical (unpaired) electrons. The van der Waals surface area contributed by atoms with Crippen LogP contribution in [0.15, 0.2) is 4.99 Å². The second kappa shape index (κ2) is 6.59. The zero-order valence-electron chi connectivity index (χ0n) is 16.4. The van der Waals surface area contributed by atoms with Crippen molar-refractivity contribution in [3.05, 3.63) is 11.6 Å². The molecule has 1 fully saturated rings. The molecule has 1 unspecified atom stereocenters. The maximum absolute atomic E-state index is 5.14. The van der Waals surface area contributed by atoms with Gasteiger partial charge in [0.25, 0.3) is 0 Å². The number of nitrogens with zero attached hydrogens (tertiary/aromatic N) is 4. The van der Waals surface area contributed by atoms with Gasteiger partial charge in [0.2, 0.25) is 0 Å². The SMILES string of the molecule is CCN=C(NC1CCc2nc(COC)nn2C1)NC1C(C)(C)C1(C)C. The Morgan fingerprint density at radius 2 is 2.00 bits per heavy atom. The molecule has 1 aromatic heterocycles. The first-order valence-corrected chi connectivity index (χ1v) is 9.28. The number of guanidine groups is 1. The molecule has 0 aromatic carbocycles. The first-order chi connectivity index (χ1) is 11.8. The van der Waals surface area contributed by atoms with Crippen LogP contribution in [0.2, 0.25) is 0 Å². The van der Waals surface area contributed by atoms with E-state index in [1.165, 1.54) is 0 Å². The molecule has 1 saturated carbocycles. The summed E-state index contributed by atoms with van der Waals surface area (Å²) >= 11 is 0. The van der Waals surface area contributed by atoms with Crippen molar-refractivity contribution in [2.45, 2.75) is 72.7 Å². The molecule has 1 aliphatic carbocycles. The number of aliphatic imine (C=N–C) groups is 1. The van der Waals surface area contributed by atoms with E-state index in [4.69, 9.17) is 4.74 Å². The van der Waals surface area contributed by atoms with Crippen molar-refractivity contribution in [3.8, 4) is 0 Å². The van der Waals surface area contributed by atoms with Gasteiger partial charge in [0.05, 0.1) is 6.54 Å². The first-order valence-electron chi connectivity index (χ1n) is 9.28. The highest BCUT2D eigenvalue weighted by molar-refractivity contribution is 5.81. The highest BCUT2D eigenvalue weighted by Crippen LogP contribution is 2.62. The summed E-state index contributed by atoms with van der Waals surface area (Å²) in [5.74, 6) is 2.73. The molecule has 0 spiro atoms. The van der Waals surface area contributed by atoms with Gasteiger partial charge in [-0.3, -0.25) is 4.99 Å². The summed E-state index contributed by atoms with van der Waals surface area (Å²) in [5.41, 5.74) is 0.563. The van der Waals surface area contributed by atoms with E-state index in [9.17, 15) is 0 Å². The van der Waals surface area contributed by atoms with E-state index >= 15 is 0 Å². The molecule has 1 aliphatic heterocycles. The molecule has 7 nitrogen and oxygen atoms in total. The minimum absolute atomic E-state index is 0.282. The first kappa shape index (κ1) is 18.2. The highest BCUT2D eigenvalue weighted by atomic mass is 16.5. The summed E-state index contributed by atoms with van der Waals surface area (Å²) in [6.07, 6.45) is 1.96. The Bertz CT molecular complexity index is 634. The van der Waals surface area contributed by atoms with Crippen LogP contribution in [0.1, 0.15) is 52.7 Å². The van der Waals surface area contributed by atoms with Crippen molar-refractivity contribution < 1.29 is 4.74 Å². The zero-order valence-corrected chi connectivity index (χ0v) is 16.4. The second-order valence-corrected chi connectivity index (χ2v) is 8.28. The van der Waals surface area contributed by atoms with E-state index in [-0.39, 0.29) is 10.8 Å². The minimum atomic E-state index is 0.282. The maximum atomic E-state index is 5.14. The van der Waals surface area contributed by atoms with Gasteiger partial charge in [-0.05, 0) is 24.2 Å². The highest BCUT2D eigenvalue weighted by Gasteiger charge is 2.65. The molecule has 7 heteroatoms. The van der Waals surface area contributed by atoms with Crippen LogP contribution >= 0.6 is 0 Å². The van der Waals surface area contributed by atoms with E-state index in [1.807, 2.05) is 4.68 Å². The molecule has 1 atom stereocenters. The predicted molar refractivity (Wildman–Crippen MR) is 98.4 cm³/mol. The van der Waals surface area contributed by atoms with Gasteiger partial charge >= 0.3 is 0 Å². The molecule has 0 bridgehead atoms. The van der Waals surface area contributed by atoms with Gasteiger partial charge in [0, 0.05) is 32.2 Å². The third-order valence-electron chi connectivity index (χ3n) is 6.13. The van der Waals surface area contributed by atoms with Gasteiger partial charge in [-0.2, -0.15) is 5.10 Å². The van der Waals surface area contributed by atoms with Gasteiger partial charge in [-0.1, -0.05) is 27.7 Å². The molecule has 0 saturated heterocycles. The Morgan fingerprint density at radius 1 is 1.28 bits per heavy atom. The quantitative estimate of drug-likeness (QED) is 0.626. The molecule has 3 rings (SSSR count). The minimum Gasteiger partial charge on any atom is -0.377 e. The summed E-state index contributed by atoms with van der Waals surface area (Å²) in [7, 11) is 1.67. The van der Waals surface area contributed by atoms with Crippen molar-refractivity contribution in [2.24, 2.45) is 15.8 Å². The van der Waals surface area contributed by atoms with E-state index in [1.54, 1.807) is 7.11 Å². The van der Waals surface area contributed by atoms with Crippen LogP contribution in [-0.2, 0) is 24.3 Å². The number of aromatic nitrogens is 3. The fourth-order valence-corrected chi connectivity index (χ4v) is 3.85. The number of rotatable bonds is 5. The van der Waals surface area contributed by atoms with Crippen molar-refractivity contribution in [2.75, 3.05) is 13.7 Å². The molecule has 140 valence electrons. The van der Waals surface area contributed by atoms with E-state index in [2.05, 4.69) is 60.3 Å². The Balaban J connectivity index is 1.63. The fourth-order valence-electron chi connectivity index (χ4n) is 3.85. The lowest BCUT2D eigenvalue weighted by Gasteiger charge is -2.26. The number of methoxy groups -OCH3 is 1. The lowest BCUT2D eigenvalue weighted by Crippen LogP contribution is -2.48. The topological polar surface area (TPSA) is 76.4 Å².